The Kier molecular flexibility index (Phi) is 7.27. The van der Waals surface area contributed by atoms with Gasteiger partial charge in [0.25, 0.3) is 0 Å². The molecule has 1 fully saturated rings. The van der Waals surface area contributed by atoms with Crippen LogP contribution in [0, 0.1) is 5.92 Å². The SMILES string of the molecule is CCNC(=NCCOCc1ccccc1)N1CCC(C)C(n2ccnc2)C1. The Morgan fingerprint density at radius 2 is 2.19 bits per heavy atom. The molecule has 0 amide bonds. The van der Waals surface area contributed by atoms with Crippen LogP contribution < -0.4 is 5.32 Å². The standard InChI is InChI=1S/C21H31N5O/c1-3-23-21(24-11-14-27-16-19-7-5-4-6-8-19)25-12-9-18(2)20(15-25)26-13-10-22-17-26/h4-8,10,13,17-18,20H,3,9,11-12,14-16H2,1-2H3,(H,23,24). The second-order valence-electron chi connectivity index (χ2n) is 7.06. The fourth-order valence-corrected chi connectivity index (χ4v) is 3.50. The van der Waals surface area contributed by atoms with Crippen molar-refractivity contribution in [2.75, 3.05) is 32.8 Å². The molecule has 0 radical (unpaired) electrons. The number of nitrogens with zero attached hydrogens (tertiary/aromatic N) is 4. The molecule has 2 aromatic rings. The summed E-state index contributed by atoms with van der Waals surface area (Å²) in [5, 5.41) is 3.44. The third-order valence-electron chi connectivity index (χ3n) is 5.07. The predicted octanol–water partition coefficient (Wildman–Crippen LogP) is 2.95. The van der Waals surface area contributed by atoms with Gasteiger partial charge >= 0.3 is 0 Å². The number of rotatable bonds is 7. The summed E-state index contributed by atoms with van der Waals surface area (Å²) >= 11 is 0. The lowest BCUT2D eigenvalue weighted by atomic mass is 9.93. The average Bonchev–Trinajstić information content (AvgIpc) is 3.23. The number of imidazole rings is 1. The molecule has 0 bridgehead atoms. The molecule has 1 N–H and O–H groups in total. The van der Waals surface area contributed by atoms with Gasteiger partial charge in [-0.25, -0.2) is 4.98 Å². The molecule has 1 saturated heterocycles. The Hall–Kier alpha value is -2.34. The fourth-order valence-electron chi connectivity index (χ4n) is 3.50. The second kappa shape index (κ2) is 10.1. The smallest absolute Gasteiger partial charge is 0.194 e. The van der Waals surface area contributed by atoms with Crippen LogP contribution in [0.15, 0.2) is 54.0 Å². The summed E-state index contributed by atoms with van der Waals surface area (Å²) in [4.78, 5) is 11.4. The van der Waals surface area contributed by atoms with Crippen molar-refractivity contribution in [1.82, 2.24) is 19.8 Å². The zero-order valence-corrected chi connectivity index (χ0v) is 16.4. The molecule has 1 aromatic heterocycles. The van der Waals surface area contributed by atoms with Gasteiger partial charge in [-0.2, -0.15) is 0 Å². The quantitative estimate of drug-likeness (QED) is 0.463. The van der Waals surface area contributed by atoms with E-state index in [1.807, 2.05) is 30.7 Å². The van der Waals surface area contributed by atoms with Gasteiger partial charge in [0.2, 0.25) is 0 Å². The van der Waals surface area contributed by atoms with E-state index < -0.39 is 0 Å². The van der Waals surface area contributed by atoms with Crippen molar-refractivity contribution in [2.45, 2.75) is 32.9 Å². The maximum absolute atomic E-state index is 5.77. The first-order valence-electron chi connectivity index (χ1n) is 9.90. The Labute approximate surface area is 162 Å². The summed E-state index contributed by atoms with van der Waals surface area (Å²) in [6.07, 6.45) is 6.99. The molecule has 3 rings (SSSR count). The zero-order chi connectivity index (χ0) is 18.9. The van der Waals surface area contributed by atoms with E-state index in [1.54, 1.807) is 0 Å². The van der Waals surface area contributed by atoms with Gasteiger partial charge in [0.1, 0.15) is 0 Å². The van der Waals surface area contributed by atoms with E-state index in [-0.39, 0.29) is 0 Å². The number of aromatic nitrogens is 2. The number of nitrogens with one attached hydrogen (secondary N) is 1. The molecule has 6 nitrogen and oxygen atoms in total. The number of likely N-dealkylation sites (tertiary alicyclic amines) is 1. The van der Waals surface area contributed by atoms with Crippen molar-refractivity contribution in [3.8, 4) is 0 Å². The lowest BCUT2D eigenvalue weighted by molar-refractivity contribution is 0.128. The molecule has 27 heavy (non-hydrogen) atoms. The van der Waals surface area contributed by atoms with Gasteiger partial charge in [0.15, 0.2) is 5.96 Å². The summed E-state index contributed by atoms with van der Waals surface area (Å²) < 4.78 is 7.99. The first kappa shape index (κ1) is 19.4. The Balaban J connectivity index is 1.53. The van der Waals surface area contributed by atoms with Gasteiger partial charge in [-0.15, -0.1) is 0 Å². The van der Waals surface area contributed by atoms with Crippen molar-refractivity contribution in [1.29, 1.82) is 0 Å². The molecule has 2 unspecified atom stereocenters. The minimum Gasteiger partial charge on any atom is -0.375 e. The zero-order valence-electron chi connectivity index (χ0n) is 16.4. The van der Waals surface area contributed by atoms with E-state index >= 15 is 0 Å². The van der Waals surface area contributed by atoms with Crippen LogP contribution >= 0.6 is 0 Å². The Morgan fingerprint density at radius 3 is 2.93 bits per heavy atom. The summed E-state index contributed by atoms with van der Waals surface area (Å²) in [6, 6.07) is 10.7. The Morgan fingerprint density at radius 1 is 1.33 bits per heavy atom. The van der Waals surface area contributed by atoms with Crippen LogP contribution in [0.5, 0.6) is 0 Å². The minimum atomic E-state index is 0.430. The van der Waals surface area contributed by atoms with Gasteiger partial charge < -0.3 is 19.5 Å². The van der Waals surface area contributed by atoms with Gasteiger partial charge in [-0.3, -0.25) is 4.99 Å². The maximum atomic E-state index is 5.77. The molecule has 1 aliphatic heterocycles. The Bertz CT molecular complexity index is 686. The van der Waals surface area contributed by atoms with Crippen LogP contribution in [0.25, 0.3) is 0 Å². The van der Waals surface area contributed by atoms with Crippen molar-refractivity contribution >= 4 is 5.96 Å². The molecule has 0 spiro atoms. The first-order chi connectivity index (χ1) is 13.3. The molecular formula is C21H31N5O. The molecular weight excluding hydrogens is 338 g/mol. The maximum Gasteiger partial charge on any atom is 0.194 e. The molecule has 1 aromatic carbocycles. The lowest BCUT2D eigenvalue weighted by Gasteiger charge is -2.39. The monoisotopic (exact) mass is 369 g/mol. The summed E-state index contributed by atoms with van der Waals surface area (Å²) in [7, 11) is 0. The number of hydrogen-bond donors (Lipinski definition) is 1. The van der Waals surface area contributed by atoms with Crippen LogP contribution in [-0.4, -0.2) is 53.2 Å². The van der Waals surface area contributed by atoms with E-state index in [9.17, 15) is 0 Å². The van der Waals surface area contributed by atoms with Crippen LogP contribution in [0.2, 0.25) is 0 Å². The highest BCUT2D eigenvalue weighted by Gasteiger charge is 2.28. The van der Waals surface area contributed by atoms with Crippen molar-refractivity contribution < 1.29 is 4.74 Å². The van der Waals surface area contributed by atoms with E-state index in [0.29, 0.717) is 31.7 Å². The second-order valence-corrected chi connectivity index (χ2v) is 7.06. The fraction of sp³-hybridized carbons (Fsp3) is 0.524. The van der Waals surface area contributed by atoms with E-state index in [4.69, 9.17) is 9.73 Å². The van der Waals surface area contributed by atoms with Crippen LogP contribution in [0.3, 0.4) is 0 Å². The van der Waals surface area contributed by atoms with Crippen molar-refractivity contribution in [3.05, 3.63) is 54.6 Å². The molecule has 2 heterocycles. The van der Waals surface area contributed by atoms with E-state index in [2.05, 4.69) is 51.9 Å². The van der Waals surface area contributed by atoms with Crippen LogP contribution in [-0.2, 0) is 11.3 Å². The highest BCUT2D eigenvalue weighted by Crippen LogP contribution is 2.27. The first-order valence-corrected chi connectivity index (χ1v) is 9.90. The third kappa shape index (κ3) is 5.57. The molecule has 1 aliphatic rings. The number of hydrogen-bond acceptors (Lipinski definition) is 3. The highest BCUT2D eigenvalue weighted by atomic mass is 16.5. The molecule has 6 heteroatoms. The van der Waals surface area contributed by atoms with Gasteiger partial charge in [0.05, 0.1) is 32.1 Å². The van der Waals surface area contributed by atoms with Gasteiger partial charge in [-0.05, 0) is 24.8 Å². The van der Waals surface area contributed by atoms with Crippen LogP contribution in [0.4, 0.5) is 0 Å². The summed E-state index contributed by atoms with van der Waals surface area (Å²) in [5.41, 5.74) is 1.20. The van der Waals surface area contributed by atoms with E-state index in [0.717, 1.165) is 32.0 Å². The molecule has 2 atom stereocenters. The summed E-state index contributed by atoms with van der Waals surface area (Å²) in [6.45, 7) is 9.21. The lowest BCUT2D eigenvalue weighted by Crippen LogP contribution is -2.49. The number of benzene rings is 1. The topological polar surface area (TPSA) is 54.7 Å². The number of ether oxygens (including phenoxy) is 1. The van der Waals surface area contributed by atoms with E-state index in [1.165, 1.54) is 5.56 Å². The van der Waals surface area contributed by atoms with Crippen molar-refractivity contribution in [3.63, 3.8) is 0 Å². The molecule has 146 valence electrons. The number of guanidine groups is 1. The van der Waals surface area contributed by atoms with Gasteiger partial charge in [0, 0.05) is 32.0 Å². The highest BCUT2D eigenvalue weighted by molar-refractivity contribution is 5.80. The molecule has 0 saturated carbocycles. The number of aliphatic imine (C=N–C) groups is 1. The molecule has 0 aliphatic carbocycles. The van der Waals surface area contributed by atoms with Gasteiger partial charge in [-0.1, -0.05) is 37.3 Å². The largest absolute Gasteiger partial charge is 0.375 e. The average molecular weight is 370 g/mol. The predicted molar refractivity (Wildman–Crippen MR) is 109 cm³/mol. The summed E-state index contributed by atoms with van der Waals surface area (Å²) in [5.74, 6) is 1.62. The van der Waals surface area contributed by atoms with Crippen LogP contribution in [0.1, 0.15) is 31.9 Å². The van der Waals surface area contributed by atoms with Crippen molar-refractivity contribution in [2.24, 2.45) is 10.9 Å². The number of piperidine rings is 1. The minimum absolute atomic E-state index is 0.430. The third-order valence-corrected chi connectivity index (χ3v) is 5.07. The normalized spacial score (nSPS) is 20.7.